The van der Waals surface area contributed by atoms with Gasteiger partial charge in [0.05, 0.1) is 6.10 Å². The molecule has 0 saturated carbocycles. The third-order valence-corrected chi connectivity index (χ3v) is 2.76. The van der Waals surface area contributed by atoms with E-state index in [0.717, 1.165) is 11.3 Å². The predicted molar refractivity (Wildman–Crippen MR) is 55.3 cm³/mol. The summed E-state index contributed by atoms with van der Waals surface area (Å²) in [4.78, 5) is 0. The highest BCUT2D eigenvalue weighted by molar-refractivity contribution is 5.36. The first kappa shape index (κ1) is 9.53. The molecule has 2 heteroatoms. The summed E-state index contributed by atoms with van der Waals surface area (Å²) in [5, 5.41) is 9.90. The van der Waals surface area contributed by atoms with Gasteiger partial charge in [-0.3, -0.25) is 0 Å². The first-order valence-corrected chi connectivity index (χ1v) is 5.12. The standard InChI is InChI=1S/C12H16O2/c1-8(2)12-7-10(13)9-5-3-4-6-11(9)14-12/h3-6,8,10,12-13H,7H2,1-2H3/t10-,12-/m0/s1. The highest BCUT2D eigenvalue weighted by Crippen LogP contribution is 2.36. The molecule has 1 N–H and O–H groups in total. The molecule has 0 radical (unpaired) electrons. The molecule has 1 heterocycles. The molecule has 14 heavy (non-hydrogen) atoms. The number of benzene rings is 1. The van der Waals surface area contributed by atoms with Gasteiger partial charge in [-0.25, -0.2) is 0 Å². The molecule has 0 aromatic heterocycles. The molecule has 1 aromatic rings. The SMILES string of the molecule is CC(C)[C@@H]1C[C@H](O)c2ccccc2O1. The normalized spacial score (nSPS) is 25.7. The Hall–Kier alpha value is -1.02. The Morgan fingerprint density at radius 1 is 1.36 bits per heavy atom. The second kappa shape index (κ2) is 3.62. The molecule has 0 saturated heterocycles. The van der Waals surface area contributed by atoms with Crippen molar-refractivity contribution in [3.8, 4) is 5.75 Å². The van der Waals surface area contributed by atoms with E-state index >= 15 is 0 Å². The molecule has 1 aliphatic heterocycles. The van der Waals surface area contributed by atoms with Crippen molar-refractivity contribution >= 4 is 0 Å². The number of rotatable bonds is 1. The summed E-state index contributed by atoms with van der Waals surface area (Å²) in [5.74, 6) is 1.28. The van der Waals surface area contributed by atoms with Gasteiger partial charge in [-0.1, -0.05) is 32.0 Å². The molecule has 1 aromatic carbocycles. The zero-order valence-corrected chi connectivity index (χ0v) is 8.60. The van der Waals surface area contributed by atoms with E-state index in [1.807, 2.05) is 24.3 Å². The number of ether oxygens (including phenoxy) is 1. The van der Waals surface area contributed by atoms with Crippen molar-refractivity contribution in [1.29, 1.82) is 0 Å². The van der Waals surface area contributed by atoms with Gasteiger partial charge >= 0.3 is 0 Å². The van der Waals surface area contributed by atoms with Gasteiger partial charge in [-0.15, -0.1) is 0 Å². The van der Waals surface area contributed by atoms with Crippen LogP contribution in [0.1, 0.15) is 31.9 Å². The lowest BCUT2D eigenvalue weighted by molar-refractivity contribution is 0.0427. The largest absolute Gasteiger partial charge is 0.490 e. The second-order valence-corrected chi connectivity index (χ2v) is 4.19. The minimum absolute atomic E-state index is 0.139. The Morgan fingerprint density at radius 2 is 2.07 bits per heavy atom. The van der Waals surface area contributed by atoms with Gasteiger partial charge in [0.1, 0.15) is 11.9 Å². The smallest absolute Gasteiger partial charge is 0.125 e. The Kier molecular flexibility index (Phi) is 2.46. The van der Waals surface area contributed by atoms with Gasteiger partial charge < -0.3 is 9.84 Å². The molecule has 2 atom stereocenters. The quantitative estimate of drug-likeness (QED) is 0.741. The van der Waals surface area contributed by atoms with Gasteiger partial charge in [0.25, 0.3) is 0 Å². The first-order chi connectivity index (χ1) is 6.68. The number of para-hydroxylation sites is 1. The van der Waals surface area contributed by atoms with Crippen LogP contribution in [-0.4, -0.2) is 11.2 Å². The van der Waals surface area contributed by atoms with Crippen LogP contribution in [0.25, 0.3) is 0 Å². The summed E-state index contributed by atoms with van der Waals surface area (Å²) < 4.78 is 5.80. The number of aliphatic hydroxyl groups excluding tert-OH is 1. The minimum atomic E-state index is -0.368. The molecular weight excluding hydrogens is 176 g/mol. The molecule has 2 nitrogen and oxygen atoms in total. The molecular formula is C12H16O2. The molecule has 76 valence electrons. The Balaban J connectivity index is 2.29. The average Bonchev–Trinajstić information content (AvgIpc) is 2.17. The monoisotopic (exact) mass is 192 g/mol. The van der Waals surface area contributed by atoms with Crippen molar-refractivity contribution in [2.75, 3.05) is 0 Å². The van der Waals surface area contributed by atoms with Gasteiger partial charge in [-0.05, 0) is 12.0 Å². The average molecular weight is 192 g/mol. The van der Waals surface area contributed by atoms with Crippen molar-refractivity contribution in [3.05, 3.63) is 29.8 Å². The highest BCUT2D eigenvalue weighted by atomic mass is 16.5. The summed E-state index contributed by atoms with van der Waals surface area (Å²) >= 11 is 0. The zero-order valence-electron chi connectivity index (χ0n) is 8.60. The summed E-state index contributed by atoms with van der Waals surface area (Å²) in [5.41, 5.74) is 0.921. The van der Waals surface area contributed by atoms with Crippen molar-refractivity contribution in [2.24, 2.45) is 5.92 Å². The van der Waals surface area contributed by atoms with E-state index < -0.39 is 0 Å². The maximum atomic E-state index is 9.90. The van der Waals surface area contributed by atoms with E-state index in [0.29, 0.717) is 12.3 Å². The lowest BCUT2D eigenvalue weighted by Gasteiger charge is -2.31. The number of hydrogen-bond donors (Lipinski definition) is 1. The van der Waals surface area contributed by atoms with Crippen molar-refractivity contribution < 1.29 is 9.84 Å². The lowest BCUT2D eigenvalue weighted by atomic mass is 9.93. The summed E-state index contributed by atoms with van der Waals surface area (Å²) in [6.45, 7) is 4.23. The number of fused-ring (bicyclic) bond motifs is 1. The fourth-order valence-electron chi connectivity index (χ4n) is 1.83. The molecule has 0 fully saturated rings. The molecule has 2 rings (SSSR count). The van der Waals surface area contributed by atoms with E-state index in [1.165, 1.54) is 0 Å². The summed E-state index contributed by atoms with van der Waals surface area (Å²) in [6.07, 6.45) is 0.474. The van der Waals surface area contributed by atoms with Crippen LogP contribution in [0, 0.1) is 5.92 Å². The maximum Gasteiger partial charge on any atom is 0.125 e. The Morgan fingerprint density at radius 3 is 2.79 bits per heavy atom. The molecule has 0 unspecified atom stereocenters. The van der Waals surface area contributed by atoms with Crippen LogP contribution >= 0.6 is 0 Å². The third kappa shape index (κ3) is 1.62. The van der Waals surface area contributed by atoms with E-state index in [2.05, 4.69) is 13.8 Å². The van der Waals surface area contributed by atoms with Gasteiger partial charge in [0.2, 0.25) is 0 Å². The second-order valence-electron chi connectivity index (χ2n) is 4.19. The van der Waals surface area contributed by atoms with Crippen LogP contribution in [0.5, 0.6) is 5.75 Å². The van der Waals surface area contributed by atoms with E-state index in [9.17, 15) is 5.11 Å². The van der Waals surface area contributed by atoms with Crippen LogP contribution in [0.4, 0.5) is 0 Å². The zero-order chi connectivity index (χ0) is 10.1. The molecule has 0 bridgehead atoms. The van der Waals surface area contributed by atoms with Crippen molar-refractivity contribution in [2.45, 2.75) is 32.5 Å². The Labute approximate surface area is 84.5 Å². The molecule has 1 aliphatic rings. The number of hydrogen-bond acceptors (Lipinski definition) is 2. The molecule has 0 aliphatic carbocycles. The fourth-order valence-corrected chi connectivity index (χ4v) is 1.83. The van der Waals surface area contributed by atoms with E-state index in [1.54, 1.807) is 0 Å². The number of aliphatic hydroxyl groups is 1. The highest BCUT2D eigenvalue weighted by Gasteiger charge is 2.28. The van der Waals surface area contributed by atoms with Gasteiger partial charge in [0, 0.05) is 12.0 Å². The Bertz CT molecular complexity index is 320. The maximum absolute atomic E-state index is 9.90. The van der Waals surface area contributed by atoms with Crippen LogP contribution in [-0.2, 0) is 0 Å². The fraction of sp³-hybridized carbons (Fsp3) is 0.500. The van der Waals surface area contributed by atoms with Gasteiger partial charge in [0.15, 0.2) is 0 Å². The van der Waals surface area contributed by atoms with Crippen LogP contribution in [0.3, 0.4) is 0 Å². The van der Waals surface area contributed by atoms with Crippen LogP contribution < -0.4 is 4.74 Å². The summed E-state index contributed by atoms with van der Waals surface area (Å²) in [7, 11) is 0. The van der Waals surface area contributed by atoms with Gasteiger partial charge in [-0.2, -0.15) is 0 Å². The van der Waals surface area contributed by atoms with E-state index in [-0.39, 0.29) is 12.2 Å². The minimum Gasteiger partial charge on any atom is -0.490 e. The third-order valence-electron chi connectivity index (χ3n) is 2.76. The first-order valence-electron chi connectivity index (χ1n) is 5.12. The predicted octanol–water partition coefficient (Wildman–Crippen LogP) is 2.53. The lowest BCUT2D eigenvalue weighted by Crippen LogP contribution is -2.30. The van der Waals surface area contributed by atoms with Crippen molar-refractivity contribution in [1.82, 2.24) is 0 Å². The van der Waals surface area contributed by atoms with Crippen LogP contribution in [0.2, 0.25) is 0 Å². The van der Waals surface area contributed by atoms with Crippen molar-refractivity contribution in [3.63, 3.8) is 0 Å². The van der Waals surface area contributed by atoms with E-state index in [4.69, 9.17) is 4.74 Å². The van der Waals surface area contributed by atoms with Crippen LogP contribution in [0.15, 0.2) is 24.3 Å². The summed E-state index contributed by atoms with van der Waals surface area (Å²) in [6, 6.07) is 7.72. The molecule has 0 amide bonds. The topological polar surface area (TPSA) is 29.5 Å². The molecule has 0 spiro atoms.